The van der Waals surface area contributed by atoms with E-state index in [1.54, 1.807) is 12.1 Å². The molecule has 3 heteroatoms. The summed E-state index contributed by atoms with van der Waals surface area (Å²) in [6.45, 7) is 0.233. The first-order valence-electron chi connectivity index (χ1n) is 6.32. The lowest BCUT2D eigenvalue weighted by atomic mass is 9.94. The summed E-state index contributed by atoms with van der Waals surface area (Å²) in [7, 11) is 0. The number of ether oxygens (including phenoxy) is 1. The van der Waals surface area contributed by atoms with Gasteiger partial charge >= 0.3 is 5.97 Å². The van der Waals surface area contributed by atoms with Gasteiger partial charge in [-0.05, 0) is 42.4 Å². The summed E-state index contributed by atoms with van der Waals surface area (Å²) in [6, 6.07) is 6.04. The highest BCUT2D eigenvalue weighted by atomic mass is 19.1. The van der Waals surface area contributed by atoms with Crippen LogP contribution in [0.2, 0.25) is 0 Å². The monoisotopic (exact) mass is 246 g/mol. The number of esters is 1. The Kier molecular flexibility index (Phi) is 2.90. The maximum atomic E-state index is 12.7. The first-order valence-corrected chi connectivity index (χ1v) is 6.32. The van der Waals surface area contributed by atoms with Crippen molar-refractivity contribution >= 4 is 5.97 Å². The van der Waals surface area contributed by atoms with Crippen molar-refractivity contribution in [1.29, 1.82) is 0 Å². The molecule has 18 heavy (non-hydrogen) atoms. The molecule has 3 atom stereocenters. The molecule has 0 radical (unpaired) electrons. The van der Waals surface area contributed by atoms with Crippen LogP contribution in [0.15, 0.2) is 36.4 Å². The fraction of sp³-hybridized carbons (Fsp3) is 0.400. The SMILES string of the molecule is O=C(OCc1ccc(F)cc1)C1CC2C=C[C@@H]1C2. The number of hydrogen-bond donors (Lipinski definition) is 0. The molecule has 2 aliphatic carbocycles. The molecule has 1 fully saturated rings. The minimum Gasteiger partial charge on any atom is -0.461 e. The summed E-state index contributed by atoms with van der Waals surface area (Å²) in [5, 5.41) is 0. The number of rotatable bonds is 3. The summed E-state index contributed by atoms with van der Waals surface area (Å²) in [5.41, 5.74) is 0.823. The van der Waals surface area contributed by atoms with Crippen LogP contribution in [0.1, 0.15) is 18.4 Å². The number of halogens is 1. The van der Waals surface area contributed by atoms with Crippen LogP contribution in [-0.2, 0) is 16.1 Å². The number of benzene rings is 1. The minimum atomic E-state index is -0.275. The smallest absolute Gasteiger partial charge is 0.309 e. The van der Waals surface area contributed by atoms with Gasteiger partial charge in [0.15, 0.2) is 0 Å². The third-order valence-electron chi connectivity index (χ3n) is 3.88. The van der Waals surface area contributed by atoms with Gasteiger partial charge in [0.2, 0.25) is 0 Å². The Morgan fingerprint density at radius 1 is 1.22 bits per heavy atom. The van der Waals surface area contributed by atoms with Crippen molar-refractivity contribution in [2.45, 2.75) is 19.4 Å². The Labute approximate surface area is 105 Å². The van der Waals surface area contributed by atoms with Gasteiger partial charge in [0.25, 0.3) is 0 Å². The molecule has 94 valence electrons. The summed E-state index contributed by atoms with van der Waals surface area (Å²) < 4.78 is 18.0. The molecule has 0 heterocycles. The summed E-state index contributed by atoms with van der Waals surface area (Å²) in [6.07, 6.45) is 6.35. The quantitative estimate of drug-likeness (QED) is 0.605. The fourth-order valence-corrected chi connectivity index (χ4v) is 2.89. The first-order chi connectivity index (χ1) is 8.72. The lowest BCUT2D eigenvalue weighted by Gasteiger charge is -2.16. The Hall–Kier alpha value is -1.64. The third kappa shape index (κ3) is 2.17. The van der Waals surface area contributed by atoms with Gasteiger partial charge in [-0.1, -0.05) is 24.3 Å². The summed E-state index contributed by atoms with van der Waals surface area (Å²) in [4.78, 5) is 11.9. The summed E-state index contributed by atoms with van der Waals surface area (Å²) in [5.74, 6) is 0.578. The zero-order valence-electron chi connectivity index (χ0n) is 10.0. The Bertz CT molecular complexity index is 478. The van der Waals surface area contributed by atoms with Gasteiger partial charge in [-0.25, -0.2) is 4.39 Å². The van der Waals surface area contributed by atoms with Crippen molar-refractivity contribution in [3.05, 3.63) is 47.8 Å². The van der Waals surface area contributed by atoms with Crippen molar-refractivity contribution in [2.75, 3.05) is 0 Å². The molecule has 2 aliphatic rings. The normalized spacial score (nSPS) is 28.6. The van der Waals surface area contributed by atoms with E-state index in [4.69, 9.17) is 4.74 Å². The Balaban J connectivity index is 1.56. The highest BCUT2D eigenvalue weighted by Crippen LogP contribution is 2.43. The van der Waals surface area contributed by atoms with Gasteiger partial charge in [-0.15, -0.1) is 0 Å². The molecular weight excluding hydrogens is 231 g/mol. The van der Waals surface area contributed by atoms with Crippen LogP contribution < -0.4 is 0 Å². The van der Waals surface area contributed by atoms with Crippen molar-refractivity contribution in [3.63, 3.8) is 0 Å². The van der Waals surface area contributed by atoms with E-state index in [1.165, 1.54) is 12.1 Å². The molecule has 2 unspecified atom stereocenters. The maximum absolute atomic E-state index is 12.7. The van der Waals surface area contributed by atoms with Crippen molar-refractivity contribution in [2.24, 2.45) is 17.8 Å². The molecule has 1 saturated carbocycles. The molecule has 0 aromatic heterocycles. The predicted molar refractivity (Wildman–Crippen MR) is 65.0 cm³/mol. The first kappa shape index (κ1) is 11.5. The fourth-order valence-electron chi connectivity index (χ4n) is 2.89. The minimum absolute atomic E-state index is 0.0282. The zero-order valence-corrected chi connectivity index (χ0v) is 10.0. The van der Waals surface area contributed by atoms with E-state index in [0.717, 1.165) is 18.4 Å². The largest absolute Gasteiger partial charge is 0.461 e. The van der Waals surface area contributed by atoms with E-state index in [9.17, 15) is 9.18 Å². The van der Waals surface area contributed by atoms with E-state index in [2.05, 4.69) is 12.2 Å². The van der Waals surface area contributed by atoms with Crippen LogP contribution in [0.5, 0.6) is 0 Å². The van der Waals surface area contributed by atoms with Gasteiger partial charge in [-0.2, -0.15) is 0 Å². The van der Waals surface area contributed by atoms with Crippen molar-refractivity contribution in [1.82, 2.24) is 0 Å². The van der Waals surface area contributed by atoms with Crippen molar-refractivity contribution in [3.8, 4) is 0 Å². The molecule has 0 N–H and O–H groups in total. The topological polar surface area (TPSA) is 26.3 Å². The predicted octanol–water partition coefficient (Wildman–Crippen LogP) is 3.08. The number of allylic oxidation sites excluding steroid dienone is 2. The maximum Gasteiger partial charge on any atom is 0.309 e. The molecule has 0 amide bonds. The van der Waals surface area contributed by atoms with E-state index in [-0.39, 0.29) is 24.3 Å². The standard InChI is InChI=1S/C15H15FO2/c16-13-5-2-10(3-6-13)9-18-15(17)14-8-11-1-4-12(14)7-11/h1-6,11-12,14H,7-9H2/t11?,12-,14?/m1/s1. The molecule has 1 aromatic carbocycles. The number of fused-ring (bicyclic) bond motifs is 2. The van der Waals surface area contributed by atoms with E-state index < -0.39 is 0 Å². The van der Waals surface area contributed by atoms with Gasteiger partial charge in [0.1, 0.15) is 12.4 Å². The highest BCUT2D eigenvalue weighted by Gasteiger charge is 2.40. The second kappa shape index (κ2) is 4.56. The van der Waals surface area contributed by atoms with E-state index in [1.807, 2.05) is 0 Å². The van der Waals surface area contributed by atoms with Crippen LogP contribution in [0.3, 0.4) is 0 Å². The third-order valence-corrected chi connectivity index (χ3v) is 3.88. The molecular formula is C15H15FO2. The number of carbonyl (C=O) groups excluding carboxylic acids is 1. The molecule has 2 bridgehead atoms. The Morgan fingerprint density at radius 3 is 2.61 bits per heavy atom. The van der Waals surface area contributed by atoms with E-state index in [0.29, 0.717) is 11.8 Å². The average molecular weight is 246 g/mol. The molecule has 1 aromatic rings. The van der Waals surface area contributed by atoms with Gasteiger partial charge in [-0.3, -0.25) is 4.79 Å². The Morgan fingerprint density at radius 2 is 2.00 bits per heavy atom. The second-order valence-electron chi connectivity index (χ2n) is 5.12. The van der Waals surface area contributed by atoms with Gasteiger partial charge in [0, 0.05) is 0 Å². The highest BCUT2D eigenvalue weighted by molar-refractivity contribution is 5.74. The zero-order chi connectivity index (χ0) is 12.5. The molecule has 0 saturated heterocycles. The number of hydrogen-bond acceptors (Lipinski definition) is 2. The molecule has 0 aliphatic heterocycles. The van der Waals surface area contributed by atoms with Crippen LogP contribution in [-0.4, -0.2) is 5.97 Å². The lowest BCUT2D eigenvalue weighted by Crippen LogP contribution is -2.21. The van der Waals surface area contributed by atoms with Gasteiger partial charge in [0.05, 0.1) is 5.92 Å². The van der Waals surface area contributed by atoms with Crippen LogP contribution in [0, 0.1) is 23.6 Å². The van der Waals surface area contributed by atoms with Crippen LogP contribution >= 0.6 is 0 Å². The van der Waals surface area contributed by atoms with Gasteiger partial charge < -0.3 is 4.74 Å². The molecule has 2 nitrogen and oxygen atoms in total. The lowest BCUT2D eigenvalue weighted by molar-refractivity contribution is -0.150. The second-order valence-corrected chi connectivity index (χ2v) is 5.12. The van der Waals surface area contributed by atoms with E-state index >= 15 is 0 Å². The molecule has 0 spiro atoms. The number of carbonyl (C=O) groups is 1. The summed E-state index contributed by atoms with van der Waals surface area (Å²) >= 11 is 0. The molecule has 3 rings (SSSR count). The van der Waals surface area contributed by atoms with Crippen LogP contribution in [0.25, 0.3) is 0 Å². The average Bonchev–Trinajstić information content (AvgIpc) is 3.00. The van der Waals surface area contributed by atoms with Crippen molar-refractivity contribution < 1.29 is 13.9 Å². The van der Waals surface area contributed by atoms with Crippen LogP contribution in [0.4, 0.5) is 4.39 Å².